The summed E-state index contributed by atoms with van der Waals surface area (Å²) >= 11 is 0. The van der Waals surface area contributed by atoms with Crippen LogP contribution >= 0.6 is 0 Å². The number of rotatable bonds is 11. The number of esters is 1. The molecule has 44 heavy (non-hydrogen) atoms. The average molecular weight is 603 g/mol. The Morgan fingerprint density at radius 1 is 1.00 bits per heavy atom. The van der Waals surface area contributed by atoms with E-state index in [4.69, 9.17) is 14.2 Å². The van der Waals surface area contributed by atoms with Crippen molar-refractivity contribution in [1.29, 1.82) is 0 Å². The Kier molecular flexibility index (Phi) is 10.8. The van der Waals surface area contributed by atoms with E-state index in [1.807, 2.05) is 72.8 Å². The van der Waals surface area contributed by atoms with Crippen molar-refractivity contribution in [3.63, 3.8) is 0 Å². The summed E-state index contributed by atoms with van der Waals surface area (Å²) in [6.45, 7) is 4.94. The number of hydrogen-bond acceptors (Lipinski definition) is 8. The Hall–Kier alpha value is -3.60. The predicted octanol–water partition coefficient (Wildman–Crippen LogP) is 4.42. The van der Waals surface area contributed by atoms with Gasteiger partial charge in [-0.3, -0.25) is 14.5 Å². The predicted molar refractivity (Wildman–Crippen MR) is 165 cm³/mol. The molecule has 2 heterocycles. The van der Waals surface area contributed by atoms with E-state index in [0.29, 0.717) is 13.0 Å². The van der Waals surface area contributed by atoms with Crippen LogP contribution in [0.15, 0.2) is 72.8 Å². The summed E-state index contributed by atoms with van der Waals surface area (Å²) in [6, 6.07) is 24.0. The van der Waals surface area contributed by atoms with Crippen molar-refractivity contribution in [2.75, 3.05) is 19.7 Å². The van der Waals surface area contributed by atoms with E-state index in [2.05, 4.69) is 10.2 Å². The maximum atomic E-state index is 12.4. The van der Waals surface area contributed by atoms with Crippen LogP contribution in [-0.4, -0.2) is 64.9 Å². The first kappa shape index (κ1) is 31.8. The minimum Gasteiger partial charge on any atom is -0.453 e. The van der Waals surface area contributed by atoms with Gasteiger partial charge in [0.15, 0.2) is 12.4 Å². The van der Waals surface area contributed by atoms with Gasteiger partial charge in [-0.2, -0.15) is 0 Å². The van der Waals surface area contributed by atoms with Crippen LogP contribution < -0.4 is 5.32 Å². The normalized spacial score (nSPS) is 22.8. The molecule has 0 unspecified atom stereocenters. The van der Waals surface area contributed by atoms with Gasteiger partial charge >= 0.3 is 5.97 Å². The Bertz CT molecular complexity index is 1390. The standard InChI is InChI=1S/C35H42N2O7/c1-23(42-24(2)40)34(41)36-19-29-6-3-4-8-32(29)26-13-15-28(16-14-26)35-43-31(20-37-17-5-7-30(37)22-39)18-33(44-35)27-11-9-25(21-38)10-12-27/h3-4,6,8-16,23,30-31,33,35,38-39H,5,7,17-22H2,1-2H3,(H,36,41)/t23-,30-,31+,33-,35-/m0/s1. The number of hydrogen-bond donors (Lipinski definition) is 3. The van der Waals surface area contributed by atoms with Gasteiger partial charge in [0.05, 0.1) is 25.4 Å². The summed E-state index contributed by atoms with van der Waals surface area (Å²) in [5, 5.41) is 22.2. The Balaban J connectivity index is 1.32. The summed E-state index contributed by atoms with van der Waals surface area (Å²) in [6.07, 6.45) is 1.06. The molecule has 5 rings (SSSR count). The summed E-state index contributed by atoms with van der Waals surface area (Å²) < 4.78 is 18.1. The second-order valence-electron chi connectivity index (χ2n) is 11.6. The number of benzene rings is 3. The molecule has 0 aromatic heterocycles. The minimum atomic E-state index is -0.866. The minimum absolute atomic E-state index is 0.00702. The third-order valence-electron chi connectivity index (χ3n) is 8.44. The second kappa shape index (κ2) is 14.9. The lowest BCUT2D eigenvalue weighted by Gasteiger charge is -2.38. The van der Waals surface area contributed by atoms with Crippen molar-refractivity contribution < 1.29 is 34.0 Å². The largest absolute Gasteiger partial charge is 0.453 e. The number of aliphatic hydroxyl groups excluding tert-OH is 2. The highest BCUT2D eigenvalue weighted by atomic mass is 16.7. The molecule has 5 atom stereocenters. The van der Waals surface area contributed by atoms with Crippen LogP contribution in [0, 0.1) is 0 Å². The number of carbonyl (C=O) groups excluding carboxylic acids is 2. The number of nitrogens with one attached hydrogen (secondary N) is 1. The number of likely N-dealkylation sites (tertiary alicyclic amines) is 1. The molecule has 9 nitrogen and oxygen atoms in total. The summed E-state index contributed by atoms with van der Waals surface area (Å²) in [5.41, 5.74) is 5.69. The molecule has 234 valence electrons. The van der Waals surface area contributed by atoms with E-state index in [0.717, 1.165) is 59.3 Å². The molecule has 0 bridgehead atoms. The van der Waals surface area contributed by atoms with Gasteiger partial charge in [0.1, 0.15) is 0 Å². The SMILES string of the molecule is CC(=O)O[C@@H](C)C(=O)NCc1ccccc1-c1ccc([C@H]2O[C@@H](CN3CCC[C@H]3CO)C[C@@H](c3ccc(CO)cc3)O2)cc1. The Morgan fingerprint density at radius 3 is 2.43 bits per heavy atom. The lowest BCUT2D eigenvalue weighted by molar-refractivity contribution is -0.253. The van der Waals surface area contributed by atoms with Crippen LogP contribution in [0.25, 0.3) is 11.1 Å². The van der Waals surface area contributed by atoms with Gasteiger partial charge in [-0.1, -0.05) is 72.8 Å². The molecule has 3 aromatic rings. The molecule has 2 aliphatic heterocycles. The van der Waals surface area contributed by atoms with E-state index < -0.39 is 18.4 Å². The molecule has 3 N–H and O–H groups in total. The summed E-state index contributed by atoms with van der Waals surface area (Å²) in [7, 11) is 0. The van der Waals surface area contributed by atoms with Crippen molar-refractivity contribution in [1.82, 2.24) is 10.2 Å². The van der Waals surface area contributed by atoms with E-state index in [1.54, 1.807) is 6.92 Å². The first-order valence-corrected chi connectivity index (χ1v) is 15.3. The zero-order valence-corrected chi connectivity index (χ0v) is 25.4. The highest BCUT2D eigenvalue weighted by molar-refractivity contribution is 5.83. The van der Waals surface area contributed by atoms with E-state index >= 15 is 0 Å². The molecule has 0 radical (unpaired) electrons. The molecule has 2 aliphatic rings. The molecular formula is C35H42N2O7. The lowest BCUT2D eigenvalue weighted by Crippen LogP contribution is -2.42. The Labute approximate surface area is 258 Å². The average Bonchev–Trinajstić information content (AvgIpc) is 3.50. The van der Waals surface area contributed by atoms with Crippen molar-refractivity contribution in [2.45, 2.75) is 76.9 Å². The topological polar surface area (TPSA) is 118 Å². The molecule has 2 fully saturated rings. The van der Waals surface area contributed by atoms with Crippen LogP contribution in [0.5, 0.6) is 0 Å². The first-order chi connectivity index (χ1) is 21.3. The van der Waals surface area contributed by atoms with Crippen molar-refractivity contribution in [2.24, 2.45) is 0 Å². The van der Waals surface area contributed by atoms with Crippen LogP contribution in [0.4, 0.5) is 0 Å². The van der Waals surface area contributed by atoms with Crippen LogP contribution in [-0.2, 0) is 37.0 Å². The van der Waals surface area contributed by atoms with Crippen LogP contribution in [0.3, 0.4) is 0 Å². The quantitative estimate of drug-likeness (QED) is 0.276. The summed E-state index contributed by atoms with van der Waals surface area (Å²) in [4.78, 5) is 25.9. The highest BCUT2D eigenvalue weighted by Gasteiger charge is 2.35. The number of carbonyl (C=O) groups is 2. The molecule has 3 aromatic carbocycles. The molecule has 1 amide bonds. The van der Waals surface area contributed by atoms with E-state index in [9.17, 15) is 19.8 Å². The van der Waals surface area contributed by atoms with Crippen molar-refractivity contribution in [3.05, 3.63) is 95.1 Å². The summed E-state index contributed by atoms with van der Waals surface area (Å²) in [5.74, 6) is -0.854. The van der Waals surface area contributed by atoms with Gasteiger partial charge in [0, 0.05) is 38.0 Å². The molecule has 9 heteroatoms. The third-order valence-corrected chi connectivity index (χ3v) is 8.44. The number of aliphatic hydroxyl groups is 2. The fourth-order valence-electron chi connectivity index (χ4n) is 6.04. The third kappa shape index (κ3) is 7.91. The molecular weight excluding hydrogens is 560 g/mol. The fourth-order valence-corrected chi connectivity index (χ4v) is 6.04. The lowest BCUT2D eigenvalue weighted by atomic mass is 9.97. The van der Waals surface area contributed by atoms with Gasteiger partial charge in [-0.25, -0.2) is 0 Å². The van der Waals surface area contributed by atoms with E-state index in [1.165, 1.54) is 6.92 Å². The molecule has 0 aliphatic carbocycles. The zero-order valence-electron chi connectivity index (χ0n) is 25.4. The van der Waals surface area contributed by atoms with Crippen molar-refractivity contribution >= 4 is 11.9 Å². The van der Waals surface area contributed by atoms with Gasteiger partial charge < -0.3 is 29.7 Å². The molecule has 0 spiro atoms. The van der Waals surface area contributed by atoms with Gasteiger partial charge in [-0.15, -0.1) is 0 Å². The molecule has 2 saturated heterocycles. The smallest absolute Gasteiger partial charge is 0.303 e. The van der Waals surface area contributed by atoms with Gasteiger partial charge in [0.2, 0.25) is 0 Å². The molecule has 0 saturated carbocycles. The second-order valence-corrected chi connectivity index (χ2v) is 11.6. The monoisotopic (exact) mass is 602 g/mol. The maximum Gasteiger partial charge on any atom is 0.303 e. The first-order valence-electron chi connectivity index (χ1n) is 15.3. The van der Waals surface area contributed by atoms with Crippen LogP contribution in [0.1, 0.15) is 67.8 Å². The fraction of sp³-hybridized carbons (Fsp3) is 0.429. The van der Waals surface area contributed by atoms with Crippen LogP contribution in [0.2, 0.25) is 0 Å². The number of nitrogens with zero attached hydrogens (tertiary/aromatic N) is 1. The van der Waals surface area contributed by atoms with Gasteiger partial charge in [-0.05, 0) is 54.1 Å². The highest BCUT2D eigenvalue weighted by Crippen LogP contribution is 2.39. The number of amides is 1. The number of ether oxygens (including phenoxy) is 3. The maximum absolute atomic E-state index is 12.4. The van der Waals surface area contributed by atoms with Gasteiger partial charge in [0.25, 0.3) is 5.91 Å². The van der Waals surface area contributed by atoms with E-state index in [-0.39, 0.29) is 37.4 Å². The zero-order chi connectivity index (χ0) is 31.1. The van der Waals surface area contributed by atoms with Crippen molar-refractivity contribution in [3.8, 4) is 11.1 Å². The Morgan fingerprint density at radius 2 is 1.73 bits per heavy atom.